The topological polar surface area (TPSA) is 12.0 Å². The summed E-state index contributed by atoms with van der Waals surface area (Å²) in [6, 6.07) is 5.00. The van der Waals surface area contributed by atoms with Crippen LogP contribution in [-0.4, -0.2) is 6.54 Å². The molecule has 1 aliphatic heterocycles. The average molecular weight is 246 g/mol. The van der Waals surface area contributed by atoms with Crippen LogP contribution in [0.1, 0.15) is 36.9 Å². The maximum absolute atomic E-state index is 13.5. The first-order valence-corrected chi connectivity index (χ1v) is 5.78. The molecule has 1 aromatic rings. The molecule has 1 unspecified atom stereocenters. The van der Waals surface area contributed by atoms with Crippen LogP contribution in [-0.2, 0) is 5.92 Å². The number of alkyl halides is 2. The second kappa shape index (κ2) is 4.30. The lowest BCUT2D eigenvalue weighted by Crippen LogP contribution is -2.19. The third kappa shape index (κ3) is 2.20. The van der Waals surface area contributed by atoms with Crippen molar-refractivity contribution in [2.24, 2.45) is 0 Å². The fourth-order valence-corrected chi connectivity index (χ4v) is 2.59. The Hall–Kier alpha value is -0.670. The molecule has 1 heterocycles. The molecule has 1 fully saturated rings. The van der Waals surface area contributed by atoms with Crippen molar-refractivity contribution in [1.82, 2.24) is 5.32 Å². The SMILES string of the molecule is CC(F)(F)c1c(Cl)cccc1C1CCCN1. The van der Waals surface area contributed by atoms with Crippen LogP contribution in [0, 0.1) is 0 Å². The molecular formula is C12H14ClF2N. The first kappa shape index (κ1) is 11.8. The first-order valence-electron chi connectivity index (χ1n) is 5.40. The summed E-state index contributed by atoms with van der Waals surface area (Å²) >= 11 is 5.88. The molecule has 1 atom stereocenters. The fourth-order valence-electron chi connectivity index (χ4n) is 2.24. The van der Waals surface area contributed by atoms with E-state index >= 15 is 0 Å². The molecule has 0 bridgehead atoms. The smallest absolute Gasteiger partial charge is 0.272 e. The number of nitrogens with one attached hydrogen (secondary N) is 1. The Bertz CT molecular complexity index is 381. The molecule has 1 saturated heterocycles. The molecule has 1 N–H and O–H groups in total. The number of halogens is 3. The van der Waals surface area contributed by atoms with Gasteiger partial charge in [-0.15, -0.1) is 0 Å². The summed E-state index contributed by atoms with van der Waals surface area (Å²) in [5, 5.41) is 3.37. The summed E-state index contributed by atoms with van der Waals surface area (Å²) in [7, 11) is 0. The highest BCUT2D eigenvalue weighted by atomic mass is 35.5. The van der Waals surface area contributed by atoms with Crippen molar-refractivity contribution in [1.29, 1.82) is 0 Å². The second-order valence-electron chi connectivity index (χ2n) is 4.24. The largest absolute Gasteiger partial charge is 0.310 e. The van der Waals surface area contributed by atoms with Gasteiger partial charge in [-0.25, -0.2) is 8.78 Å². The van der Waals surface area contributed by atoms with Gasteiger partial charge < -0.3 is 5.32 Å². The molecule has 88 valence electrons. The van der Waals surface area contributed by atoms with Crippen molar-refractivity contribution in [3.05, 3.63) is 34.3 Å². The molecule has 4 heteroatoms. The van der Waals surface area contributed by atoms with Gasteiger partial charge in [0.15, 0.2) is 0 Å². The molecular weight excluding hydrogens is 232 g/mol. The van der Waals surface area contributed by atoms with Crippen molar-refractivity contribution in [2.75, 3.05) is 6.54 Å². The molecule has 0 radical (unpaired) electrons. The van der Waals surface area contributed by atoms with Crippen molar-refractivity contribution in [3.63, 3.8) is 0 Å². The van der Waals surface area contributed by atoms with Gasteiger partial charge in [-0.3, -0.25) is 0 Å². The van der Waals surface area contributed by atoms with Crippen molar-refractivity contribution in [2.45, 2.75) is 31.7 Å². The third-order valence-corrected chi connectivity index (χ3v) is 3.24. The van der Waals surface area contributed by atoms with Gasteiger partial charge in [0.25, 0.3) is 5.92 Å². The van der Waals surface area contributed by atoms with Gasteiger partial charge in [0.2, 0.25) is 0 Å². The molecule has 0 amide bonds. The lowest BCUT2D eigenvalue weighted by molar-refractivity contribution is 0.0162. The fraction of sp³-hybridized carbons (Fsp3) is 0.500. The van der Waals surface area contributed by atoms with Crippen LogP contribution in [0.5, 0.6) is 0 Å². The minimum Gasteiger partial charge on any atom is -0.310 e. The van der Waals surface area contributed by atoms with E-state index in [-0.39, 0.29) is 16.6 Å². The molecule has 16 heavy (non-hydrogen) atoms. The Morgan fingerprint density at radius 1 is 1.44 bits per heavy atom. The number of benzene rings is 1. The van der Waals surface area contributed by atoms with Gasteiger partial charge >= 0.3 is 0 Å². The molecule has 0 saturated carbocycles. The van der Waals surface area contributed by atoms with E-state index < -0.39 is 5.92 Å². The van der Waals surface area contributed by atoms with Crippen LogP contribution in [0.15, 0.2) is 18.2 Å². The first-order chi connectivity index (χ1) is 7.50. The molecule has 1 aromatic carbocycles. The monoisotopic (exact) mass is 245 g/mol. The molecule has 0 aromatic heterocycles. The number of hydrogen-bond donors (Lipinski definition) is 1. The van der Waals surface area contributed by atoms with Gasteiger partial charge in [0.05, 0.1) is 5.02 Å². The minimum absolute atomic E-state index is 0.0134. The highest BCUT2D eigenvalue weighted by Crippen LogP contribution is 2.39. The second-order valence-corrected chi connectivity index (χ2v) is 4.65. The minimum atomic E-state index is -2.89. The van der Waals surface area contributed by atoms with E-state index in [4.69, 9.17) is 11.6 Å². The van der Waals surface area contributed by atoms with E-state index in [1.54, 1.807) is 12.1 Å². The predicted octanol–water partition coefficient (Wildman–Crippen LogP) is 3.88. The van der Waals surface area contributed by atoms with E-state index in [2.05, 4.69) is 5.32 Å². The molecule has 0 spiro atoms. The van der Waals surface area contributed by atoms with Crippen molar-refractivity contribution < 1.29 is 8.78 Å². The van der Waals surface area contributed by atoms with E-state index in [0.717, 1.165) is 26.3 Å². The van der Waals surface area contributed by atoms with E-state index in [1.807, 2.05) is 0 Å². The lowest BCUT2D eigenvalue weighted by Gasteiger charge is -2.21. The Morgan fingerprint density at radius 2 is 2.19 bits per heavy atom. The number of hydrogen-bond acceptors (Lipinski definition) is 1. The maximum Gasteiger partial charge on any atom is 0.272 e. The normalized spacial score (nSPS) is 21.4. The summed E-state index contributed by atoms with van der Waals surface area (Å²) in [6.07, 6.45) is 1.91. The summed E-state index contributed by atoms with van der Waals surface area (Å²) in [5.41, 5.74) is 0.605. The van der Waals surface area contributed by atoms with Gasteiger partial charge in [-0.05, 0) is 31.0 Å². The lowest BCUT2D eigenvalue weighted by atomic mass is 9.95. The van der Waals surface area contributed by atoms with E-state index in [0.29, 0.717) is 5.56 Å². The van der Waals surface area contributed by atoms with E-state index in [1.165, 1.54) is 6.07 Å². The summed E-state index contributed by atoms with van der Waals surface area (Å²) in [4.78, 5) is 0. The molecule has 2 rings (SSSR count). The standard InChI is InChI=1S/C12H14ClF2N/c1-12(14,15)11-8(4-2-5-9(11)13)10-6-3-7-16-10/h2,4-5,10,16H,3,6-7H2,1H3. The van der Waals surface area contributed by atoms with Crippen molar-refractivity contribution >= 4 is 11.6 Å². The predicted molar refractivity (Wildman–Crippen MR) is 61.0 cm³/mol. The average Bonchev–Trinajstić information content (AvgIpc) is 2.67. The van der Waals surface area contributed by atoms with Gasteiger partial charge in [0, 0.05) is 18.5 Å². The third-order valence-electron chi connectivity index (χ3n) is 2.92. The number of rotatable bonds is 2. The quantitative estimate of drug-likeness (QED) is 0.834. The van der Waals surface area contributed by atoms with Crippen LogP contribution in [0.3, 0.4) is 0 Å². The highest BCUT2D eigenvalue weighted by Gasteiger charge is 2.33. The van der Waals surface area contributed by atoms with E-state index in [9.17, 15) is 8.78 Å². The Kier molecular flexibility index (Phi) is 3.17. The zero-order valence-corrected chi connectivity index (χ0v) is 9.82. The van der Waals surface area contributed by atoms with Gasteiger partial charge in [-0.1, -0.05) is 23.7 Å². The summed E-state index contributed by atoms with van der Waals surface area (Å²) < 4.78 is 27.0. The molecule has 1 nitrogen and oxygen atoms in total. The Morgan fingerprint density at radius 3 is 2.75 bits per heavy atom. The Labute approximate surface area is 98.8 Å². The van der Waals surface area contributed by atoms with Crippen molar-refractivity contribution in [3.8, 4) is 0 Å². The summed E-state index contributed by atoms with van der Waals surface area (Å²) in [5.74, 6) is -2.89. The van der Waals surface area contributed by atoms with Gasteiger partial charge in [0.1, 0.15) is 0 Å². The highest BCUT2D eigenvalue weighted by molar-refractivity contribution is 6.31. The van der Waals surface area contributed by atoms with Crippen LogP contribution in [0.2, 0.25) is 5.02 Å². The van der Waals surface area contributed by atoms with Crippen LogP contribution < -0.4 is 5.32 Å². The van der Waals surface area contributed by atoms with Crippen LogP contribution in [0.4, 0.5) is 8.78 Å². The zero-order valence-electron chi connectivity index (χ0n) is 9.06. The maximum atomic E-state index is 13.5. The zero-order chi connectivity index (χ0) is 11.8. The van der Waals surface area contributed by atoms with Crippen LogP contribution in [0.25, 0.3) is 0 Å². The van der Waals surface area contributed by atoms with Gasteiger partial charge in [-0.2, -0.15) is 0 Å². The van der Waals surface area contributed by atoms with Crippen LogP contribution >= 0.6 is 11.6 Å². The Balaban J connectivity index is 2.47. The summed E-state index contributed by atoms with van der Waals surface area (Å²) in [6.45, 7) is 1.78. The molecule has 1 aliphatic rings. The molecule has 0 aliphatic carbocycles.